The van der Waals surface area contributed by atoms with Crippen LogP contribution in [0, 0.1) is 0 Å². The van der Waals surface area contributed by atoms with Crippen LogP contribution in [0.4, 0.5) is 5.69 Å². The summed E-state index contributed by atoms with van der Waals surface area (Å²) in [6.45, 7) is 0.501. The minimum absolute atomic E-state index is 0.501. The van der Waals surface area contributed by atoms with Gasteiger partial charge in [0, 0.05) is 22.4 Å². The lowest BCUT2D eigenvalue weighted by atomic mass is 10.2. The molecule has 4 nitrogen and oxygen atoms in total. The van der Waals surface area contributed by atoms with Crippen molar-refractivity contribution in [2.24, 2.45) is 0 Å². The van der Waals surface area contributed by atoms with E-state index in [4.69, 9.17) is 9.15 Å². The molecule has 28 heavy (non-hydrogen) atoms. The fourth-order valence-electron chi connectivity index (χ4n) is 3.20. The minimum atomic E-state index is 0.501. The Morgan fingerprint density at radius 1 is 0.714 bits per heavy atom. The molecule has 136 valence electrons. The van der Waals surface area contributed by atoms with Crippen LogP contribution >= 0.6 is 0 Å². The van der Waals surface area contributed by atoms with Gasteiger partial charge in [0.15, 0.2) is 12.5 Å². The number of anilines is 1. The molecule has 0 amide bonds. The van der Waals surface area contributed by atoms with Gasteiger partial charge in [-0.1, -0.05) is 60.7 Å². The van der Waals surface area contributed by atoms with Crippen molar-refractivity contribution in [1.29, 1.82) is 0 Å². The third-order valence-corrected chi connectivity index (χ3v) is 4.70. The van der Waals surface area contributed by atoms with E-state index in [-0.39, 0.29) is 0 Å². The maximum absolute atomic E-state index is 5.93. The summed E-state index contributed by atoms with van der Waals surface area (Å²) in [5, 5.41) is 0. The number of nitrogens with zero attached hydrogens (tertiary/aromatic N) is 2. The molecular weight excluding hydrogens is 348 g/mol. The van der Waals surface area contributed by atoms with Crippen molar-refractivity contribution >= 4 is 11.4 Å². The Bertz CT molecular complexity index is 1100. The van der Waals surface area contributed by atoms with Gasteiger partial charge >= 0.3 is 0 Å². The molecule has 1 aliphatic rings. The van der Waals surface area contributed by atoms with Crippen LogP contribution in [-0.2, 0) is 4.74 Å². The third kappa shape index (κ3) is 3.16. The molecular formula is C24H18N2O2. The highest BCUT2D eigenvalue weighted by molar-refractivity contribution is 5.69. The number of hydrogen-bond acceptors (Lipinski definition) is 4. The third-order valence-electron chi connectivity index (χ3n) is 4.70. The first-order valence-corrected chi connectivity index (χ1v) is 9.15. The van der Waals surface area contributed by atoms with E-state index < -0.39 is 0 Å². The Labute approximate surface area is 163 Å². The first kappa shape index (κ1) is 16.4. The van der Waals surface area contributed by atoms with Crippen molar-refractivity contribution in [2.75, 3.05) is 11.6 Å². The Balaban J connectivity index is 1.36. The van der Waals surface area contributed by atoms with Crippen molar-refractivity contribution in [2.45, 2.75) is 0 Å². The average molecular weight is 366 g/mol. The second-order valence-electron chi connectivity index (χ2n) is 6.55. The molecule has 4 aromatic rings. The molecule has 0 unspecified atom stereocenters. The van der Waals surface area contributed by atoms with Crippen LogP contribution in [0.3, 0.4) is 0 Å². The summed E-state index contributed by atoms with van der Waals surface area (Å²) in [5.41, 5.74) is 4.10. The van der Waals surface area contributed by atoms with Gasteiger partial charge in [0.25, 0.3) is 0 Å². The van der Waals surface area contributed by atoms with E-state index in [1.807, 2.05) is 79.0 Å². The van der Waals surface area contributed by atoms with Crippen LogP contribution in [0.5, 0.6) is 0 Å². The summed E-state index contributed by atoms with van der Waals surface area (Å²) in [5.74, 6) is 2.26. The number of benzene rings is 3. The van der Waals surface area contributed by atoms with Crippen molar-refractivity contribution in [3.63, 3.8) is 0 Å². The van der Waals surface area contributed by atoms with Gasteiger partial charge < -0.3 is 14.1 Å². The number of ether oxygens (including phenoxy) is 1. The van der Waals surface area contributed by atoms with Gasteiger partial charge in [0.2, 0.25) is 5.89 Å². The molecule has 0 saturated heterocycles. The van der Waals surface area contributed by atoms with Gasteiger partial charge in [-0.2, -0.15) is 0 Å². The van der Waals surface area contributed by atoms with Gasteiger partial charge in [-0.15, -0.1) is 0 Å². The molecule has 0 aliphatic carbocycles. The SMILES string of the molecule is C1=C(c2ccccc2)OCN1c1ccc(-c2ncc(-c3ccccc3)o2)cc1. The zero-order chi connectivity index (χ0) is 18.8. The first-order chi connectivity index (χ1) is 13.9. The van der Waals surface area contributed by atoms with Crippen LogP contribution < -0.4 is 4.90 Å². The summed E-state index contributed by atoms with van der Waals surface area (Å²) in [6, 6.07) is 28.2. The Hall–Kier alpha value is -3.79. The fourth-order valence-corrected chi connectivity index (χ4v) is 3.20. The molecule has 5 rings (SSSR count). The van der Waals surface area contributed by atoms with E-state index in [1.165, 1.54) is 0 Å². The molecule has 1 aromatic heterocycles. The van der Waals surface area contributed by atoms with Crippen molar-refractivity contribution in [3.8, 4) is 22.8 Å². The fraction of sp³-hybridized carbons (Fsp3) is 0.0417. The monoisotopic (exact) mass is 366 g/mol. The molecule has 0 radical (unpaired) electrons. The maximum atomic E-state index is 5.93. The van der Waals surface area contributed by atoms with Gasteiger partial charge in [-0.3, -0.25) is 0 Å². The van der Waals surface area contributed by atoms with Crippen LogP contribution in [0.25, 0.3) is 28.5 Å². The molecule has 2 heterocycles. The highest BCUT2D eigenvalue weighted by Gasteiger charge is 2.17. The Kier molecular flexibility index (Phi) is 4.14. The number of oxazole rings is 1. The molecule has 0 fully saturated rings. The van der Waals surface area contributed by atoms with Gasteiger partial charge in [-0.05, 0) is 24.3 Å². The molecule has 4 heteroatoms. The lowest BCUT2D eigenvalue weighted by Crippen LogP contribution is -2.12. The summed E-state index contributed by atoms with van der Waals surface area (Å²) < 4.78 is 11.8. The summed E-state index contributed by atoms with van der Waals surface area (Å²) in [7, 11) is 0. The van der Waals surface area contributed by atoms with Crippen molar-refractivity contribution < 1.29 is 9.15 Å². The summed E-state index contributed by atoms with van der Waals surface area (Å²) in [6.07, 6.45) is 3.80. The number of hydrogen-bond donors (Lipinski definition) is 0. The molecule has 0 saturated carbocycles. The van der Waals surface area contributed by atoms with Gasteiger partial charge in [-0.25, -0.2) is 4.98 Å². The summed E-state index contributed by atoms with van der Waals surface area (Å²) in [4.78, 5) is 6.51. The van der Waals surface area contributed by atoms with E-state index in [0.29, 0.717) is 12.6 Å². The zero-order valence-corrected chi connectivity index (χ0v) is 15.2. The second kappa shape index (κ2) is 7.08. The van der Waals surface area contributed by atoms with Crippen LogP contribution in [0.15, 0.2) is 102 Å². The first-order valence-electron chi connectivity index (χ1n) is 9.15. The van der Waals surface area contributed by atoms with E-state index in [0.717, 1.165) is 33.9 Å². The lowest BCUT2D eigenvalue weighted by molar-refractivity contribution is 0.308. The van der Waals surface area contributed by atoms with Gasteiger partial charge in [0.1, 0.15) is 5.76 Å². The minimum Gasteiger partial charge on any atom is -0.471 e. The zero-order valence-electron chi connectivity index (χ0n) is 15.2. The number of aromatic nitrogens is 1. The quantitative estimate of drug-likeness (QED) is 0.457. The van der Waals surface area contributed by atoms with Crippen LogP contribution in [-0.4, -0.2) is 11.7 Å². The maximum Gasteiger partial charge on any atom is 0.226 e. The van der Waals surface area contributed by atoms with E-state index in [9.17, 15) is 0 Å². The smallest absolute Gasteiger partial charge is 0.226 e. The predicted octanol–water partition coefficient (Wildman–Crippen LogP) is 5.80. The molecule has 0 N–H and O–H groups in total. The van der Waals surface area contributed by atoms with Gasteiger partial charge in [0.05, 0.1) is 12.4 Å². The molecule has 3 aromatic carbocycles. The second-order valence-corrected chi connectivity index (χ2v) is 6.55. The number of rotatable bonds is 4. The lowest BCUT2D eigenvalue weighted by Gasteiger charge is -2.13. The Morgan fingerprint density at radius 2 is 1.39 bits per heavy atom. The van der Waals surface area contributed by atoms with Crippen LogP contribution in [0.1, 0.15) is 5.56 Å². The predicted molar refractivity (Wildman–Crippen MR) is 110 cm³/mol. The van der Waals surface area contributed by atoms with Crippen LogP contribution in [0.2, 0.25) is 0 Å². The Morgan fingerprint density at radius 3 is 2.11 bits per heavy atom. The van der Waals surface area contributed by atoms with Crippen molar-refractivity contribution in [3.05, 3.63) is 103 Å². The molecule has 0 spiro atoms. The molecule has 1 aliphatic heterocycles. The topological polar surface area (TPSA) is 38.5 Å². The van der Waals surface area contributed by atoms with E-state index in [1.54, 1.807) is 6.20 Å². The standard InChI is InChI=1S/C24H18N2O2/c1-3-7-18(8-4-1)22-15-25-24(28-22)20-11-13-21(14-12-20)26-16-23(27-17-26)19-9-5-2-6-10-19/h1-16H,17H2. The average Bonchev–Trinajstić information content (AvgIpc) is 3.46. The van der Waals surface area contributed by atoms with E-state index in [2.05, 4.69) is 22.0 Å². The molecule has 0 bridgehead atoms. The highest BCUT2D eigenvalue weighted by Crippen LogP contribution is 2.30. The van der Waals surface area contributed by atoms with Crippen molar-refractivity contribution in [1.82, 2.24) is 4.98 Å². The molecule has 0 atom stereocenters. The summed E-state index contributed by atoms with van der Waals surface area (Å²) >= 11 is 0. The highest BCUT2D eigenvalue weighted by atomic mass is 16.5. The van der Waals surface area contributed by atoms with E-state index >= 15 is 0 Å². The normalized spacial score (nSPS) is 13.3. The largest absolute Gasteiger partial charge is 0.471 e.